The Bertz CT molecular complexity index is 422. The van der Waals surface area contributed by atoms with Crippen LogP contribution in [0, 0.1) is 15.9 Å². The van der Waals surface area contributed by atoms with Crippen LogP contribution in [0.2, 0.25) is 0 Å². The van der Waals surface area contributed by atoms with Gasteiger partial charge >= 0.3 is 12.8 Å². The summed E-state index contributed by atoms with van der Waals surface area (Å²) >= 11 is 0. The molecule has 1 aromatic carbocycles. The van der Waals surface area contributed by atoms with Gasteiger partial charge in [-0.25, -0.2) is 0 Å². The first-order valence-electron chi connectivity index (χ1n) is 4.69. The number of benzene rings is 1. The zero-order valence-corrected chi connectivity index (χ0v) is 8.85. The topological polar surface area (TPSA) is 83.6 Å². The third kappa shape index (κ3) is 2.20. The summed E-state index contributed by atoms with van der Waals surface area (Å²) in [6.07, 6.45) is 0. The minimum atomic E-state index is -1.84. The predicted octanol–water partition coefficient (Wildman–Crippen LogP) is 0.537. The van der Waals surface area contributed by atoms with Gasteiger partial charge in [0.1, 0.15) is 0 Å². The van der Waals surface area contributed by atoms with E-state index in [0.717, 1.165) is 12.1 Å². The van der Waals surface area contributed by atoms with Crippen LogP contribution >= 0.6 is 0 Å². The van der Waals surface area contributed by atoms with Crippen molar-refractivity contribution in [1.29, 1.82) is 0 Å². The Morgan fingerprint density at radius 2 is 2.00 bits per heavy atom. The van der Waals surface area contributed by atoms with Crippen molar-refractivity contribution in [2.75, 3.05) is 0 Å². The molecule has 0 saturated carbocycles. The van der Waals surface area contributed by atoms with Crippen LogP contribution in [0.5, 0.6) is 0 Å². The molecule has 0 spiro atoms. The van der Waals surface area contributed by atoms with Gasteiger partial charge in [-0.2, -0.15) is 4.39 Å². The fraction of sp³-hybridized carbons (Fsp3) is 0.333. The van der Waals surface area contributed by atoms with E-state index in [-0.39, 0.29) is 16.9 Å². The quantitative estimate of drug-likeness (QED) is 0.448. The summed E-state index contributed by atoms with van der Waals surface area (Å²) in [6.45, 7) is 3.24. The molecule has 0 fully saturated rings. The van der Waals surface area contributed by atoms with Gasteiger partial charge in [0.2, 0.25) is 5.82 Å². The third-order valence-corrected chi connectivity index (χ3v) is 2.25. The second kappa shape index (κ2) is 4.59. The van der Waals surface area contributed by atoms with E-state index in [0.29, 0.717) is 0 Å². The number of nitro benzene ring substituents is 1. The Kier molecular flexibility index (Phi) is 3.61. The van der Waals surface area contributed by atoms with E-state index in [1.54, 1.807) is 13.8 Å². The Balaban J connectivity index is 3.48. The molecule has 0 aromatic heterocycles. The third-order valence-electron chi connectivity index (χ3n) is 2.25. The highest BCUT2D eigenvalue weighted by molar-refractivity contribution is 6.59. The lowest BCUT2D eigenvalue weighted by molar-refractivity contribution is -0.387. The minimum absolute atomic E-state index is 0.0378. The van der Waals surface area contributed by atoms with Crippen molar-refractivity contribution in [2.45, 2.75) is 19.8 Å². The van der Waals surface area contributed by atoms with Crippen molar-refractivity contribution in [1.82, 2.24) is 0 Å². The molecule has 16 heavy (non-hydrogen) atoms. The summed E-state index contributed by atoms with van der Waals surface area (Å²) in [6, 6.07) is 2.08. The SMILES string of the molecule is CC(C)c1c(B(O)O)ccc([N+](=O)[O-])c1F. The molecule has 0 amide bonds. The van der Waals surface area contributed by atoms with Gasteiger partial charge in [-0.3, -0.25) is 10.1 Å². The molecule has 0 atom stereocenters. The van der Waals surface area contributed by atoms with Crippen molar-refractivity contribution in [3.8, 4) is 0 Å². The molecular formula is C9H11BFNO4. The Morgan fingerprint density at radius 3 is 2.38 bits per heavy atom. The van der Waals surface area contributed by atoms with Crippen LogP contribution in [0.1, 0.15) is 25.3 Å². The van der Waals surface area contributed by atoms with Crippen LogP contribution in [-0.4, -0.2) is 22.1 Å². The lowest BCUT2D eigenvalue weighted by atomic mass is 9.74. The van der Waals surface area contributed by atoms with Gasteiger partial charge in [-0.15, -0.1) is 0 Å². The Hall–Kier alpha value is -1.47. The van der Waals surface area contributed by atoms with E-state index < -0.39 is 23.5 Å². The van der Waals surface area contributed by atoms with Crippen molar-refractivity contribution >= 4 is 18.3 Å². The molecule has 1 aromatic rings. The van der Waals surface area contributed by atoms with Crippen LogP contribution < -0.4 is 5.46 Å². The van der Waals surface area contributed by atoms with E-state index in [4.69, 9.17) is 10.0 Å². The highest BCUT2D eigenvalue weighted by Crippen LogP contribution is 2.24. The van der Waals surface area contributed by atoms with E-state index in [1.165, 1.54) is 0 Å². The van der Waals surface area contributed by atoms with E-state index in [2.05, 4.69) is 0 Å². The standard InChI is InChI=1S/C9H11BFNO4/c1-5(2)8-6(10(13)14)3-4-7(9(8)11)12(15)16/h3-5,13-14H,1-2H3. The molecule has 0 bridgehead atoms. The zero-order chi connectivity index (χ0) is 12.5. The Labute approximate surface area is 91.8 Å². The summed E-state index contributed by atoms with van der Waals surface area (Å²) < 4.78 is 13.7. The average molecular weight is 227 g/mol. The van der Waals surface area contributed by atoms with E-state index in [9.17, 15) is 14.5 Å². The summed E-state index contributed by atoms with van der Waals surface area (Å²) in [5, 5.41) is 28.6. The lowest BCUT2D eigenvalue weighted by Gasteiger charge is -2.13. The van der Waals surface area contributed by atoms with Crippen molar-refractivity contribution in [3.05, 3.63) is 33.6 Å². The largest absolute Gasteiger partial charge is 0.488 e. The molecule has 0 aliphatic rings. The maximum absolute atomic E-state index is 13.7. The number of nitrogens with zero attached hydrogens (tertiary/aromatic N) is 1. The van der Waals surface area contributed by atoms with Gasteiger partial charge in [-0.05, 0) is 16.9 Å². The number of nitro groups is 1. The molecule has 0 heterocycles. The molecular weight excluding hydrogens is 216 g/mol. The average Bonchev–Trinajstić information content (AvgIpc) is 2.15. The summed E-state index contributed by atoms with van der Waals surface area (Å²) in [4.78, 5) is 9.68. The highest BCUT2D eigenvalue weighted by Gasteiger charge is 2.27. The predicted molar refractivity (Wildman–Crippen MR) is 57.0 cm³/mol. The van der Waals surface area contributed by atoms with Crippen LogP contribution in [0.25, 0.3) is 0 Å². The molecule has 7 heteroatoms. The highest BCUT2D eigenvalue weighted by atomic mass is 19.1. The molecule has 0 aliphatic carbocycles. The number of halogens is 1. The van der Waals surface area contributed by atoms with E-state index >= 15 is 0 Å². The normalized spacial score (nSPS) is 10.6. The molecule has 0 saturated heterocycles. The van der Waals surface area contributed by atoms with E-state index in [1.807, 2.05) is 0 Å². The van der Waals surface area contributed by atoms with Crippen molar-refractivity contribution in [3.63, 3.8) is 0 Å². The lowest BCUT2D eigenvalue weighted by Crippen LogP contribution is -2.34. The van der Waals surface area contributed by atoms with Crippen LogP contribution in [0.4, 0.5) is 10.1 Å². The molecule has 2 N–H and O–H groups in total. The summed E-state index contributed by atoms with van der Waals surface area (Å²) in [5.74, 6) is -1.39. The summed E-state index contributed by atoms with van der Waals surface area (Å²) in [5.41, 5.74) is -0.740. The number of hydrogen-bond acceptors (Lipinski definition) is 4. The van der Waals surface area contributed by atoms with Crippen molar-refractivity contribution < 1.29 is 19.4 Å². The molecule has 1 rings (SSSR count). The number of rotatable bonds is 3. The van der Waals surface area contributed by atoms with Gasteiger partial charge in [-0.1, -0.05) is 19.9 Å². The minimum Gasteiger partial charge on any atom is -0.423 e. The van der Waals surface area contributed by atoms with Gasteiger partial charge < -0.3 is 10.0 Å². The molecule has 0 radical (unpaired) electrons. The molecule has 86 valence electrons. The Morgan fingerprint density at radius 1 is 1.44 bits per heavy atom. The maximum atomic E-state index is 13.7. The first kappa shape index (κ1) is 12.6. The van der Waals surface area contributed by atoms with Crippen LogP contribution in [-0.2, 0) is 0 Å². The summed E-state index contributed by atoms with van der Waals surface area (Å²) in [7, 11) is -1.84. The van der Waals surface area contributed by atoms with Gasteiger partial charge in [0, 0.05) is 6.07 Å². The van der Waals surface area contributed by atoms with Gasteiger partial charge in [0.25, 0.3) is 0 Å². The van der Waals surface area contributed by atoms with Gasteiger partial charge in [0.15, 0.2) is 0 Å². The smallest absolute Gasteiger partial charge is 0.423 e. The van der Waals surface area contributed by atoms with Gasteiger partial charge in [0.05, 0.1) is 4.92 Å². The zero-order valence-electron chi connectivity index (χ0n) is 8.85. The van der Waals surface area contributed by atoms with Crippen LogP contribution in [0.3, 0.4) is 0 Å². The fourth-order valence-corrected chi connectivity index (χ4v) is 1.55. The number of hydrogen-bond donors (Lipinski definition) is 2. The monoisotopic (exact) mass is 227 g/mol. The van der Waals surface area contributed by atoms with Crippen LogP contribution in [0.15, 0.2) is 12.1 Å². The fourth-order valence-electron chi connectivity index (χ4n) is 1.55. The van der Waals surface area contributed by atoms with Crippen molar-refractivity contribution in [2.24, 2.45) is 0 Å². The molecule has 5 nitrogen and oxygen atoms in total. The molecule has 0 aliphatic heterocycles. The second-order valence-electron chi connectivity index (χ2n) is 3.69. The second-order valence-corrected chi connectivity index (χ2v) is 3.69. The molecule has 0 unspecified atom stereocenters. The first-order valence-corrected chi connectivity index (χ1v) is 4.69. The first-order chi connectivity index (χ1) is 7.36. The maximum Gasteiger partial charge on any atom is 0.488 e.